The molecule has 0 spiro atoms. The molecule has 0 bridgehead atoms. The number of aromatic nitrogens is 9. The lowest BCUT2D eigenvalue weighted by Crippen LogP contribution is -2.14. The highest BCUT2D eigenvalue weighted by atomic mass is 16.1. The Morgan fingerprint density at radius 1 is 0.278 bits per heavy atom. The van der Waals surface area contributed by atoms with Crippen LogP contribution in [0.3, 0.4) is 0 Å². The van der Waals surface area contributed by atoms with Crippen LogP contribution in [0, 0.1) is 0 Å². The van der Waals surface area contributed by atoms with Gasteiger partial charge in [-0.05, 0) is 72.8 Å². The van der Waals surface area contributed by atoms with Crippen LogP contribution in [0.25, 0.3) is 115 Å². The highest BCUT2D eigenvalue weighted by Crippen LogP contribution is 2.39. The standard InChI is InChI=1S/C57H30N12O3/c70-52-34-22-25-37(28-10-7-13-31(46(28)34)49-58-40-16-1-4-19-43(40)67(49)52)61-55-64-56(62-38-26-23-35-47-29(38)11-8-14-32(47)50-59-41-17-2-5-20-44(41)68(50)53(35)71)66-57(65-55)63-39-27-24-36-48-30(39)12-9-15-33(48)51-60-42-18-3-6-21-45(42)69(51)54(36)72/h1-27H,(H3,61,62,63,64,65,66). The fraction of sp³-hybridized carbons (Fsp3) is 0. The number of para-hydroxylation sites is 6. The molecule has 3 N–H and O–H groups in total. The minimum Gasteiger partial charge on any atom is -0.323 e. The molecular weight excluding hydrogens is 901 g/mol. The Bertz CT molecular complexity index is 4710. The predicted octanol–water partition coefficient (Wildman–Crippen LogP) is 10.8. The average molecular weight is 931 g/mol. The van der Waals surface area contributed by atoms with Gasteiger partial charge >= 0.3 is 0 Å². The monoisotopic (exact) mass is 930 g/mol. The van der Waals surface area contributed by atoms with E-state index in [1.165, 1.54) is 0 Å². The number of imidazole rings is 3. The van der Waals surface area contributed by atoms with Crippen molar-refractivity contribution in [2.75, 3.05) is 16.0 Å². The molecule has 15 nitrogen and oxygen atoms in total. The molecule has 0 saturated carbocycles. The molecule has 0 atom stereocenters. The number of nitrogens with zero attached hydrogens (tertiary/aromatic N) is 9. The Morgan fingerprint density at radius 3 is 0.889 bits per heavy atom. The van der Waals surface area contributed by atoms with E-state index >= 15 is 0 Å². The van der Waals surface area contributed by atoms with Crippen molar-refractivity contribution in [1.82, 2.24) is 43.1 Å². The number of rotatable bonds is 6. The summed E-state index contributed by atoms with van der Waals surface area (Å²) in [5, 5.41) is 19.2. The lowest BCUT2D eigenvalue weighted by molar-refractivity contribution is 1.07. The number of anilines is 6. The summed E-state index contributed by atoms with van der Waals surface area (Å²) < 4.78 is 5.05. The summed E-state index contributed by atoms with van der Waals surface area (Å²) in [5.74, 6) is 0.593. The molecule has 15 heteroatoms. The van der Waals surface area contributed by atoms with Crippen molar-refractivity contribution in [3.05, 3.63) is 195 Å². The minimum absolute atomic E-state index is 0.160. The van der Waals surface area contributed by atoms with Gasteiger partial charge in [0, 0.05) is 81.7 Å². The molecule has 0 amide bonds. The summed E-state index contributed by atoms with van der Waals surface area (Å²) in [7, 11) is 0. The number of hydrogen-bond acceptors (Lipinski definition) is 12. The summed E-state index contributed by atoms with van der Waals surface area (Å²) in [5.41, 5.74) is 7.67. The second-order valence-electron chi connectivity index (χ2n) is 18.0. The smallest absolute Gasteiger partial charge is 0.264 e. The van der Waals surface area contributed by atoms with E-state index < -0.39 is 0 Å². The van der Waals surface area contributed by atoms with Gasteiger partial charge in [-0.25, -0.2) is 15.0 Å². The highest BCUT2D eigenvalue weighted by molar-refractivity contribution is 6.21. The Kier molecular flexibility index (Phi) is 7.42. The third kappa shape index (κ3) is 5.14. The normalized spacial score (nSPS) is 12.3. The van der Waals surface area contributed by atoms with E-state index in [0.29, 0.717) is 50.2 Å². The quantitative estimate of drug-likeness (QED) is 0.144. The van der Waals surface area contributed by atoms with Crippen LogP contribution in [0.4, 0.5) is 34.9 Å². The molecule has 9 aromatic carbocycles. The van der Waals surface area contributed by atoms with E-state index in [0.717, 1.165) is 81.6 Å². The average Bonchev–Trinajstić information content (AvgIpc) is 4.13. The Morgan fingerprint density at radius 2 is 0.569 bits per heavy atom. The molecule has 0 aliphatic carbocycles. The van der Waals surface area contributed by atoms with Gasteiger partial charge in [0.2, 0.25) is 17.8 Å². The van der Waals surface area contributed by atoms with Crippen molar-refractivity contribution in [2.24, 2.45) is 0 Å². The van der Waals surface area contributed by atoms with Crippen molar-refractivity contribution >= 4 is 150 Å². The molecule has 7 aromatic heterocycles. The second kappa shape index (κ2) is 13.9. The van der Waals surface area contributed by atoms with Crippen LogP contribution in [-0.2, 0) is 0 Å². The van der Waals surface area contributed by atoms with E-state index in [2.05, 4.69) is 16.0 Å². The molecule has 0 aliphatic heterocycles. The van der Waals surface area contributed by atoms with Crippen molar-refractivity contribution in [3.63, 3.8) is 0 Å². The molecular formula is C57H30N12O3. The van der Waals surface area contributed by atoms with Crippen LogP contribution in [-0.4, -0.2) is 43.1 Å². The number of pyridine rings is 3. The first-order chi connectivity index (χ1) is 35.4. The fourth-order valence-corrected chi connectivity index (χ4v) is 11.1. The molecule has 0 fully saturated rings. The van der Waals surface area contributed by atoms with Gasteiger partial charge in [0.25, 0.3) is 16.7 Å². The van der Waals surface area contributed by atoms with Crippen molar-refractivity contribution in [2.45, 2.75) is 0 Å². The summed E-state index contributed by atoms with van der Waals surface area (Å²) in [6.07, 6.45) is 0. The fourth-order valence-electron chi connectivity index (χ4n) is 11.1. The van der Waals surface area contributed by atoms with Gasteiger partial charge in [-0.1, -0.05) is 91.0 Å². The van der Waals surface area contributed by atoms with Crippen LogP contribution < -0.4 is 32.6 Å². The van der Waals surface area contributed by atoms with Crippen molar-refractivity contribution in [3.8, 4) is 0 Å². The molecule has 7 heterocycles. The van der Waals surface area contributed by atoms with Gasteiger partial charge in [0.1, 0.15) is 16.9 Å². The van der Waals surface area contributed by atoms with Crippen LogP contribution in [0.2, 0.25) is 0 Å². The SMILES string of the molecule is O=c1c2ccc(Nc3nc(Nc4ccc5c(=O)n6c7ccccc7nc6c6cccc4c56)nc(Nc4ccc5c(=O)n6c7ccccc7nc6c6cccc4c56)n3)c3cccc(c32)c2nc3ccccc3n12. The van der Waals surface area contributed by atoms with Gasteiger partial charge in [0.05, 0.1) is 33.1 Å². The lowest BCUT2D eigenvalue weighted by atomic mass is 10.0. The van der Waals surface area contributed by atoms with Gasteiger partial charge in [-0.3, -0.25) is 27.6 Å². The number of benzene rings is 9. The third-order valence-electron chi connectivity index (χ3n) is 14.2. The van der Waals surface area contributed by atoms with Crippen molar-refractivity contribution in [1.29, 1.82) is 0 Å². The maximum absolute atomic E-state index is 14.2. The largest absolute Gasteiger partial charge is 0.323 e. The lowest BCUT2D eigenvalue weighted by Gasteiger charge is -2.16. The van der Waals surface area contributed by atoms with Gasteiger partial charge in [0.15, 0.2) is 0 Å². The first-order valence-corrected chi connectivity index (χ1v) is 23.3. The molecule has 72 heavy (non-hydrogen) atoms. The summed E-state index contributed by atoms with van der Waals surface area (Å²) in [6, 6.07) is 51.7. The molecule has 0 saturated heterocycles. The predicted molar refractivity (Wildman–Crippen MR) is 285 cm³/mol. The minimum atomic E-state index is -0.160. The Hall–Kier alpha value is -10.4. The maximum atomic E-state index is 14.2. The molecule has 0 unspecified atom stereocenters. The van der Waals surface area contributed by atoms with Crippen LogP contribution in [0.5, 0.6) is 0 Å². The maximum Gasteiger partial charge on any atom is 0.264 e. The van der Waals surface area contributed by atoms with Crippen LogP contribution in [0.1, 0.15) is 0 Å². The zero-order valence-corrected chi connectivity index (χ0v) is 37.3. The highest BCUT2D eigenvalue weighted by Gasteiger charge is 2.22. The van der Waals surface area contributed by atoms with Gasteiger partial charge in [-0.2, -0.15) is 15.0 Å². The van der Waals surface area contributed by atoms with Crippen LogP contribution >= 0.6 is 0 Å². The van der Waals surface area contributed by atoms with Gasteiger partial charge in [-0.15, -0.1) is 0 Å². The summed E-state index contributed by atoms with van der Waals surface area (Å²) in [4.78, 5) is 72.3. The Balaban J connectivity index is 0.872. The van der Waals surface area contributed by atoms with E-state index in [-0.39, 0.29) is 34.5 Å². The van der Waals surface area contributed by atoms with Crippen molar-refractivity contribution < 1.29 is 0 Å². The van der Waals surface area contributed by atoms with Crippen LogP contribution in [0.15, 0.2) is 178 Å². The van der Waals surface area contributed by atoms with E-state index in [4.69, 9.17) is 29.9 Å². The Labute approximate surface area is 402 Å². The molecule has 336 valence electrons. The topological polar surface area (TPSA) is 178 Å². The van der Waals surface area contributed by atoms with E-state index in [1.807, 2.05) is 164 Å². The second-order valence-corrected chi connectivity index (χ2v) is 18.0. The first kappa shape index (κ1) is 38.5. The number of hydrogen-bond donors (Lipinski definition) is 3. The number of fused-ring (bicyclic) bond motifs is 12. The zero-order chi connectivity index (χ0) is 47.5. The summed E-state index contributed by atoms with van der Waals surface area (Å²) in [6.45, 7) is 0. The van der Waals surface area contributed by atoms with E-state index in [1.54, 1.807) is 13.2 Å². The molecule has 0 radical (unpaired) electrons. The summed E-state index contributed by atoms with van der Waals surface area (Å²) >= 11 is 0. The third-order valence-corrected chi connectivity index (χ3v) is 14.2. The first-order valence-electron chi connectivity index (χ1n) is 23.3. The molecule has 16 rings (SSSR count). The molecule has 0 aliphatic rings. The van der Waals surface area contributed by atoms with Gasteiger partial charge < -0.3 is 16.0 Å². The van der Waals surface area contributed by atoms with E-state index in [9.17, 15) is 14.4 Å². The molecule has 16 aromatic rings. The number of nitrogens with one attached hydrogen (secondary N) is 3. The zero-order valence-electron chi connectivity index (χ0n) is 37.3.